The van der Waals surface area contributed by atoms with Crippen molar-refractivity contribution in [3.05, 3.63) is 22.2 Å². The van der Waals surface area contributed by atoms with Crippen LogP contribution in [0.5, 0.6) is 0 Å². The van der Waals surface area contributed by atoms with Crippen LogP contribution in [0, 0.1) is 5.92 Å². The first-order valence-corrected chi connectivity index (χ1v) is 8.46. The first kappa shape index (κ1) is 15.9. The van der Waals surface area contributed by atoms with Gasteiger partial charge in [0.05, 0.1) is 10.0 Å². The summed E-state index contributed by atoms with van der Waals surface area (Å²) in [5.41, 5.74) is 5.88. The van der Waals surface area contributed by atoms with Crippen molar-refractivity contribution in [2.24, 2.45) is 5.92 Å². The lowest BCUT2D eigenvalue weighted by atomic mass is 10.1. The number of hydrogen-bond donors (Lipinski definition) is 2. The average molecular weight is 339 g/mol. The zero-order valence-corrected chi connectivity index (χ0v) is 13.1. The van der Waals surface area contributed by atoms with E-state index >= 15 is 0 Å². The maximum Gasteiger partial charge on any atom is 0.243 e. The third kappa shape index (κ3) is 3.77. The second kappa shape index (κ2) is 6.49. The van der Waals surface area contributed by atoms with Crippen LogP contribution in [0.2, 0.25) is 10.0 Å². The second-order valence-electron chi connectivity index (χ2n) is 4.73. The van der Waals surface area contributed by atoms with Gasteiger partial charge in [0, 0.05) is 25.4 Å². The Labute approximate surface area is 128 Å². The predicted molar refractivity (Wildman–Crippen MR) is 79.6 cm³/mol. The van der Waals surface area contributed by atoms with E-state index in [1.807, 2.05) is 0 Å². The number of nitrogen functional groups attached to an aromatic ring is 1. The summed E-state index contributed by atoms with van der Waals surface area (Å²) in [6.45, 7) is 1.76. The standard InChI is InChI=1S/C12H16Cl2N2O3S/c13-10-5-9(15)6-11(14)12(10)20(17,18)16-3-1-8-2-4-19-7-8/h5-6,8,16H,1-4,7,15H2. The van der Waals surface area contributed by atoms with Gasteiger partial charge < -0.3 is 10.5 Å². The summed E-state index contributed by atoms with van der Waals surface area (Å²) in [7, 11) is -3.74. The molecule has 0 aromatic heterocycles. The molecule has 0 amide bonds. The molecule has 112 valence electrons. The minimum atomic E-state index is -3.74. The van der Waals surface area contributed by atoms with Crippen molar-refractivity contribution in [1.82, 2.24) is 4.72 Å². The topological polar surface area (TPSA) is 81.4 Å². The van der Waals surface area contributed by atoms with Gasteiger partial charge >= 0.3 is 0 Å². The molecule has 0 radical (unpaired) electrons. The Morgan fingerprint density at radius 2 is 2.00 bits per heavy atom. The summed E-state index contributed by atoms with van der Waals surface area (Å²) in [4.78, 5) is -0.127. The smallest absolute Gasteiger partial charge is 0.243 e. The SMILES string of the molecule is Nc1cc(Cl)c(S(=O)(=O)NCCC2CCOC2)c(Cl)c1. The molecular weight excluding hydrogens is 323 g/mol. The Morgan fingerprint density at radius 1 is 1.35 bits per heavy atom. The monoisotopic (exact) mass is 338 g/mol. The van der Waals surface area contributed by atoms with Gasteiger partial charge in [-0.05, 0) is 30.9 Å². The Kier molecular flexibility index (Phi) is 5.14. The molecule has 1 fully saturated rings. The number of anilines is 1. The molecule has 8 heteroatoms. The summed E-state index contributed by atoms with van der Waals surface area (Å²) in [6.07, 6.45) is 1.69. The number of nitrogens with two attached hydrogens (primary N) is 1. The summed E-state index contributed by atoms with van der Waals surface area (Å²) < 4.78 is 32.2. The lowest BCUT2D eigenvalue weighted by Crippen LogP contribution is -2.27. The second-order valence-corrected chi connectivity index (χ2v) is 7.25. The van der Waals surface area contributed by atoms with E-state index < -0.39 is 10.0 Å². The van der Waals surface area contributed by atoms with Crippen molar-refractivity contribution in [3.63, 3.8) is 0 Å². The first-order chi connectivity index (χ1) is 9.40. The van der Waals surface area contributed by atoms with E-state index in [9.17, 15) is 8.42 Å². The highest BCUT2D eigenvalue weighted by Gasteiger charge is 2.23. The number of nitrogens with one attached hydrogen (secondary N) is 1. The molecule has 1 aromatic carbocycles. The number of hydrogen-bond acceptors (Lipinski definition) is 4. The maximum absolute atomic E-state index is 12.2. The molecule has 1 heterocycles. The van der Waals surface area contributed by atoms with E-state index in [0.29, 0.717) is 24.8 Å². The molecular formula is C12H16Cl2N2O3S. The van der Waals surface area contributed by atoms with Gasteiger partial charge in [-0.1, -0.05) is 23.2 Å². The minimum Gasteiger partial charge on any atom is -0.399 e. The Hall–Kier alpha value is -0.530. The third-order valence-corrected chi connectivity index (χ3v) is 5.54. The molecule has 20 heavy (non-hydrogen) atoms. The fraction of sp³-hybridized carbons (Fsp3) is 0.500. The highest BCUT2D eigenvalue weighted by atomic mass is 35.5. The molecule has 1 aliphatic heterocycles. The highest BCUT2D eigenvalue weighted by Crippen LogP contribution is 2.31. The van der Waals surface area contributed by atoms with E-state index in [1.54, 1.807) is 0 Å². The number of halogens is 2. The van der Waals surface area contributed by atoms with Gasteiger partial charge in [-0.25, -0.2) is 13.1 Å². The van der Waals surface area contributed by atoms with E-state index in [0.717, 1.165) is 19.4 Å². The number of sulfonamides is 1. The van der Waals surface area contributed by atoms with E-state index in [-0.39, 0.29) is 14.9 Å². The minimum absolute atomic E-state index is 0.0201. The van der Waals surface area contributed by atoms with Crippen LogP contribution >= 0.6 is 23.2 Å². The van der Waals surface area contributed by atoms with Gasteiger partial charge in [-0.2, -0.15) is 0 Å². The van der Waals surface area contributed by atoms with Gasteiger partial charge in [0.1, 0.15) is 4.90 Å². The van der Waals surface area contributed by atoms with Crippen LogP contribution in [-0.2, 0) is 14.8 Å². The lowest BCUT2D eigenvalue weighted by Gasteiger charge is -2.12. The zero-order valence-electron chi connectivity index (χ0n) is 10.7. The van der Waals surface area contributed by atoms with Gasteiger partial charge in [0.15, 0.2) is 0 Å². The average Bonchev–Trinajstić information content (AvgIpc) is 2.79. The maximum atomic E-state index is 12.2. The van der Waals surface area contributed by atoms with Crippen LogP contribution in [0.15, 0.2) is 17.0 Å². The summed E-state index contributed by atoms with van der Waals surface area (Å²) in [6, 6.07) is 2.74. The molecule has 1 atom stereocenters. The van der Waals surface area contributed by atoms with Crippen LogP contribution < -0.4 is 10.5 Å². The zero-order chi connectivity index (χ0) is 14.8. The lowest BCUT2D eigenvalue weighted by molar-refractivity contribution is 0.184. The molecule has 5 nitrogen and oxygen atoms in total. The molecule has 1 unspecified atom stereocenters. The quantitative estimate of drug-likeness (QED) is 0.807. The van der Waals surface area contributed by atoms with Crippen molar-refractivity contribution >= 4 is 38.9 Å². The fourth-order valence-electron chi connectivity index (χ4n) is 2.12. The Bertz CT molecular complexity index is 563. The highest BCUT2D eigenvalue weighted by molar-refractivity contribution is 7.89. The summed E-state index contributed by atoms with van der Waals surface area (Å²) in [5, 5.41) is 0.0402. The Balaban J connectivity index is 2.06. The van der Waals surface area contributed by atoms with E-state index in [2.05, 4.69) is 4.72 Å². The molecule has 1 aromatic rings. The molecule has 1 aliphatic rings. The number of benzene rings is 1. The van der Waals surface area contributed by atoms with Gasteiger partial charge in [0.25, 0.3) is 0 Å². The van der Waals surface area contributed by atoms with Crippen molar-refractivity contribution < 1.29 is 13.2 Å². The van der Waals surface area contributed by atoms with Crippen LogP contribution in [0.1, 0.15) is 12.8 Å². The molecule has 0 saturated carbocycles. The molecule has 1 saturated heterocycles. The van der Waals surface area contributed by atoms with E-state index in [1.165, 1.54) is 12.1 Å². The van der Waals surface area contributed by atoms with Crippen molar-refractivity contribution in [1.29, 1.82) is 0 Å². The van der Waals surface area contributed by atoms with Gasteiger partial charge in [-0.15, -0.1) is 0 Å². The molecule has 0 bridgehead atoms. The van der Waals surface area contributed by atoms with Crippen LogP contribution in [0.25, 0.3) is 0 Å². The van der Waals surface area contributed by atoms with Gasteiger partial charge in [-0.3, -0.25) is 0 Å². The van der Waals surface area contributed by atoms with Crippen molar-refractivity contribution in [3.8, 4) is 0 Å². The largest absolute Gasteiger partial charge is 0.399 e. The van der Waals surface area contributed by atoms with Crippen molar-refractivity contribution in [2.45, 2.75) is 17.7 Å². The van der Waals surface area contributed by atoms with Crippen molar-refractivity contribution in [2.75, 3.05) is 25.5 Å². The first-order valence-electron chi connectivity index (χ1n) is 6.22. The normalized spacial score (nSPS) is 19.4. The molecule has 0 spiro atoms. The molecule has 3 N–H and O–H groups in total. The molecule has 0 aliphatic carbocycles. The summed E-state index contributed by atoms with van der Waals surface area (Å²) >= 11 is 11.8. The predicted octanol–water partition coefficient (Wildman–Crippen LogP) is 2.28. The van der Waals surface area contributed by atoms with E-state index in [4.69, 9.17) is 33.7 Å². The van der Waals surface area contributed by atoms with Gasteiger partial charge in [0.2, 0.25) is 10.0 Å². The number of ether oxygens (including phenoxy) is 1. The Morgan fingerprint density at radius 3 is 2.55 bits per heavy atom. The molecule has 2 rings (SSSR count). The number of rotatable bonds is 5. The van der Waals surface area contributed by atoms with Crippen LogP contribution in [0.4, 0.5) is 5.69 Å². The summed E-state index contributed by atoms with van der Waals surface area (Å²) in [5.74, 6) is 0.398. The van der Waals surface area contributed by atoms with Crippen LogP contribution in [-0.4, -0.2) is 28.2 Å². The fourth-order valence-corrected chi connectivity index (χ4v) is 4.39. The third-order valence-electron chi connectivity index (χ3n) is 3.16. The van der Waals surface area contributed by atoms with Crippen LogP contribution in [0.3, 0.4) is 0 Å².